The van der Waals surface area contributed by atoms with E-state index in [0.717, 1.165) is 0 Å². The number of rotatable bonds is 0. The summed E-state index contributed by atoms with van der Waals surface area (Å²) in [5, 5.41) is 0.0185. The third-order valence-corrected chi connectivity index (χ3v) is 1.27. The summed E-state index contributed by atoms with van der Waals surface area (Å²) in [5.74, 6) is -0.100. The van der Waals surface area contributed by atoms with Crippen molar-refractivity contribution in [2.45, 2.75) is 0 Å². The van der Waals surface area contributed by atoms with Crippen LogP contribution in [0.5, 0.6) is 11.8 Å². The third kappa shape index (κ3) is 0.577. The van der Waals surface area contributed by atoms with E-state index < -0.39 is 5.56 Å². The number of nitrogens with one attached hydrogen (secondary N) is 1. The molecule has 0 aliphatic carbocycles. The zero-order chi connectivity index (χ0) is 7.14. The Labute approximate surface area is 59.5 Å². The molecule has 1 aromatic rings. The Morgan fingerprint density at radius 1 is 1.50 bits per heavy atom. The topological polar surface area (TPSA) is 64.2 Å². The van der Waals surface area contributed by atoms with E-state index in [9.17, 15) is 4.79 Å². The standard InChI is InChI=1S/C4HClN2O3/c5-2-1-3(8)7-4(6-2)10-9-1/h(H,6,7,8). The zero-order valence-corrected chi connectivity index (χ0v) is 5.31. The van der Waals surface area contributed by atoms with Crippen molar-refractivity contribution in [2.75, 3.05) is 0 Å². The molecule has 0 unspecified atom stereocenters. The lowest BCUT2D eigenvalue weighted by molar-refractivity contribution is -0.122. The Hall–Kier alpha value is -1.23. The molecule has 0 radical (unpaired) electrons. The Morgan fingerprint density at radius 2 is 2.30 bits per heavy atom. The first-order valence-electron chi connectivity index (χ1n) is 2.42. The number of nitrogens with zero attached hydrogens (tertiary/aromatic N) is 1. The fourth-order valence-electron chi connectivity index (χ4n) is 0.608. The van der Waals surface area contributed by atoms with E-state index in [1.54, 1.807) is 0 Å². The van der Waals surface area contributed by atoms with E-state index in [1.165, 1.54) is 0 Å². The van der Waals surface area contributed by atoms with Gasteiger partial charge in [0.25, 0.3) is 5.75 Å². The van der Waals surface area contributed by atoms with E-state index >= 15 is 0 Å². The maximum atomic E-state index is 10.7. The third-order valence-electron chi connectivity index (χ3n) is 1.02. The molecule has 1 N–H and O–H groups in total. The highest BCUT2D eigenvalue weighted by Gasteiger charge is 2.19. The van der Waals surface area contributed by atoms with Gasteiger partial charge in [0.2, 0.25) is 0 Å². The van der Waals surface area contributed by atoms with Gasteiger partial charge in [-0.1, -0.05) is 11.6 Å². The Bertz CT molecular complexity index is 334. The van der Waals surface area contributed by atoms with Crippen LogP contribution in [0, 0.1) is 0 Å². The normalized spacial score (nSPS) is 12.5. The van der Waals surface area contributed by atoms with Gasteiger partial charge in [0, 0.05) is 0 Å². The number of hydrogen-bond acceptors (Lipinski definition) is 4. The first-order chi connectivity index (χ1) is 4.77. The van der Waals surface area contributed by atoms with E-state index in [0.29, 0.717) is 0 Å². The number of H-pyrrole nitrogens is 1. The number of fused-ring (bicyclic) bond motifs is 3. The summed E-state index contributed by atoms with van der Waals surface area (Å²) in [6, 6.07) is -0.0231. The fourth-order valence-corrected chi connectivity index (χ4v) is 0.802. The van der Waals surface area contributed by atoms with Crippen LogP contribution in [-0.4, -0.2) is 9.97 Å². The summed E-state index contributed by atoms with van der Waals surface area (Å²) in [6.07, 6.45) is 0. The smallest absolute Gasteiger partial charge is 0.277 e. The highest BCUT2D eigenvalue weighted by Crippen LogP contribution is 2.22. The maximum Gasteiger partial charge on any atom is 0.349 e. The average molecular weight is 161 g/mol. The number of aromatic amines is 1. The highest BCUT2D eigenvalue weighted by atomic mass is 35.5. The van der Waals surface area contributed by atoms with Crippen LogP contribution in [0.1, 0.15) is 0 Å². The Morgan fingerprint density at radius 3 is 2.70 bits per heavy atom. The highest BCUT2D eigenvalue weighted by molar-refractivity contribution is 6.30. The minimum Gasteiger partial charge on any atom is -0.277 e. The van der Waals surface area contributed by atoms with Crippen molar-refractivity contribution in [3.8, 4) is 11.8 Å². The van der Waals surface area contributed by atoms with Gasteiger partial charge in [-0.15, -0.1) is 0 Å². The molecule has 52 valence electrons. The number of aromatic nitrogens is 2. The van der Waals surface area contributed by atoms with Crippen LogP contribution in [0.25, 0.3) is 0 Å². The van der Waals surface area contributed by atoms with Gasteiger partial charge in [-0.3, -0.25) is 14.7 Å². The second kappa shape index (κ2) is 1.63. The predicted molar refractivity (Wildman–Crippen MR) is 31.1 cm³/mol. The summed E-state index contributed by atoms with van der Waals surface area (Å²) in [5.41, 5.74) is -0.429. The summed E-state index contributed by atoms with van der Waals surface area (Å²) in [4.78, 5) is 25.4. The van der Waals surface area contributed by atoms with Crippen LogP contribution >= 0.6 is 11.6 Å². The maximum absolute atomic E-state index is 10.7. The molecule has 0 aromatic carbocycles. The molecule has 0 fully saturated rings. The van der Waals surface area contributed by atoms with Gasteiger partial charge in [0.1, 0.15) is 0 Å². The van der Waals surface area contributed by atoms with Gasteiger partial charge in [-0.2, -0.15) is 4.98 Å². The van der Waals surface area contributed by atoms with Gasteiger partial charge < -0.3 is 0 Å². The predicted octanol–water partition coefficient (Wildman–Crippen LogP) is 0.109. The molecule has 3 heterocycles. The van der Waals surface area contributed by atoms with E-state index in [1.807, 2.05) is 0 Å². The molecule has 0 atom stereocenters. The lowest BCUT2D eigenvalue weighted by Gasteiger charge is -2.10. The van der Waals surface area contributed by atoms with Crippen LogP contribution in [0.3, 0.4) is 0 Å². The van der Waals surface area contributed by atoms with Gasteiger partial charge >= 0.3 is 11.6 Å². The fraction of sp³-hybridized carbons (Fsp3) is 0. The van der Waals surface area contributed by atoms with Gasteiger partial charge in [-0.25, -0.2) is 4.89 Å². The first kappa shape index (κ1) is 5.55. The molecule has 2 aliphatic heterocycles. The molecule has 0 amide bonds. The van der Waals surface area contributed by atoms with E-state index in [4.69, 9.17) is 11.6 Å². The molecule has 2 bridgehead atoms. The van der Waals surface area contributed by atoms with Crippen LogP contribution in [-0.2, 0) is 0 Å². The lowest BCUT2D eigenvalue weighted by Crippen LogP contribution is -2.23. The number of hydrogen-bond donors (Lipinski definition) is 1. The Kier molecular flexibility index (Phi) is 0.906. The second-order valence-corrected chi connectivity index (χ2v) is 2.02. The largest absolute Gasteiger partial charge is 0.349 e. The van der Waals surface area contributed by atoms with E-state index in [-0.39, 0.29) is 16.9 Å². The molecule has 0 saturated carbocycles. The van der Waals surface area contributed by atoms with Gasteiger partial charge in [0.15, 0.2) is 5.15 Å². The van der Waals surface area contributed by atoms with Crippen molar-refractivity contribution in [1.29, 1.82) is 0 Å². The molecule has 6 heteroatoms. The van der Waals surface area contributed by atoms with Crippen LogP contribution in [0.4, 0.5) is 0 Å². The molecule has 0 saturated heterocycles. The molecule has 2 aliphatic rings. The minimum atomic E-state index is -0.429. The second-order valence-electron chi connectivity index (χ2n) is 1.66. The molecular weight excluding hydrogens is 160 g/mol. The van der Waals surface area contributed by atoms with Crippen LogP contribution < -0.4 is 15.3 Å². The molecular formula is C4HClN2O3. The zero-order valence-electron chi connectivity index (χ0n) is 4.55. The average Bonchev–Trinajstić information content (AvgIpc) is 1.86. The van der Waals surface area contributed by atoms with Gasteiger partial charge in [-0.05, 0) is 0 Å². The molecule has 3 rings (SSSR count). The van der Waals surface area contributed by atoms with Crippen LogP contribution in [0.15, 0.2) is 4.79 Å². The van der Waals surface area contributed by atoms with Crippen molar-refractivity contribution >= 4 is 11.6 Å². The van der Waals surface area contributed by atoms with Crippen molar-refractivity contribution in [2.24, 2.45) is 0 Å². The van der Waals surface area contributed by atoms with E-state index in [2.05, 4.69) is 19.7 Å². The van der Waals surface area contributed by atoms with Gasteiger partial charge in [0.05, 0.1) is 0 Å². The van der Waals surface area contributed by atoms with Crippen molar-refractivity contribution in [3.05, 3.63) is 15.5 Å². The lowest BCUT2D eigenvalue weighted by atomic mass is 10.6. The monoisotopic (exact) mass is 160 g/mol. The minimum absolute atomic E-state index is 0.0185. The van der Waals surface area contributed by atoms with Crippen LogP contribution in [0.2, 0.25) is 5.15 Å². The number of halogens is 1. The molecule has 0 spiro atoms. The summed E-state index contributed by atoms with van der Waals surface area (Å²) in [7, 11) is 0. The molecule has 10 heavy (non-hydrogen) atoms. The summed E-state index contributed by atoms with van der Waals surface area (Å²) in [6.45, 7) is 0. The van der Waals surface area contributed by atoms with Crippen molar-refractivity contribution in [1.82, 2.24) is 9.97 Å². The molecule has 1 aromatic heterocycles. The summed E-state index contributed by atoms with van der Waals surface area (Å²) >= 11 is 5.43. The first-order valence-corrected chi connectivity index (χ1v) is 2.79. The molecule has 5 nitrogen and oxygen atoms in total. The van der Waals surface area contributed by atoms with Crippen molar-refractivity contribution in [3.63, 3.8) is 0 Å². The van der Waals surface area contributed by atoms with Crippen molar-refractivity contribution < 1.29 is 9.78 Å². The Balaban J connectivity index is 2.86. The summed E-state index contributed by atoms with van der Waals surface area (Å²) < 4.78 is 0. The SMILES string of the molecule is O=c1[nH]c2nc(Cl)c1OO2. The quantitative estimate of drug-likeness (QED) is 0.432.